The summed E-state index contributed by atoms with van der Waals surface area (Å²) >= 11 is 0. The predicted octanol–water partition coefficient (Wildman–Crippen LogP) is 3.20. The second-order valence-electron chi connectivity index (χ2n) is 4.29. The van der Waals surface area contributed by atoms with Gasteiger partial charge in [-0.05, 0) is 31.5 Å². The molecule has 0 aliphatic heterocycles. The fourth-order valence-electron chi connectivity index (χ4n) is 1.84. The van der Waals surface area contributed by atoms with Crippen LogP contribution < -0.4 is 0 Å². The normalized spacial score (nSPS) is 13.3. The van der Waals surface area contributed by atoms with Crippen molar-refractivity contribution in [3.05, 3.63) is 29.8 Å². The molecule has 1 amide bonds. The molecule has 0 spiro atoms. The third-order valence-corrected chi connectivity index (χ3v) is 2.98. The van der Waals surface area contributed by atoms with E-state index in [1.807, 2.05) is 0 Å². The zero-order valence-corrected chi connectivity index (χ0v) is 11.0. The molecular formula is C13H15F4NO2. The van der Waals surface area contributed by atoms with Crippen molar-refractivity contribution in [1.29, 1.82) is 0 Å². The van der Waals surface area contributed by atoms with Crippen molar-refractivity contribution in [2.75, 3.05) is 6.54 Å². The molecule has 0 aromatic heterocycles. The minimum atomic E-state index is -4.72. The van der Waals surface area contributed by atoms with E-state index in [2.05, 4.69) is 0 Å². The molecule has 3 nitrogen and oxygen atoms in total. The zero-order chi connectivity index (χ0) is 15.5. The second-order valence-corrected chi connectivity index (χ2v) is 4.29. The summed E-state index contributed by atoms with van der Waals surface area (Å²) in [6, 6.07) is 4.80. The molecule has 0 aliphatic carbocycles. The quantitative estimate of drug-likeness (QED) is 0.847. The largest absolute Gasteiger partial charge is 0.508 e. The SMILES string of the molecule is CCN(C(=O)C(F)(F)C(F)F)C(C)c1cccc(O)c1. The van der Waals surface area contributed by atoms with Gasteiger partial charge in [-0.25, -0.2) is 8.78 Å². The number of hydrogen-bond acceptors (Lipinski definition) is 2. The average Bonchev–Trinajstić information content (AvgIpc) is 2.38. The molecule has 20 heavy (non-hydrogen) atoms. The Morgan fingerprint density at radius 3 is 2.45 bits per heavy atom. The fourth-order valence-corrected chi connectivity index (χ4v) is 1.84. The smallest absolute Gasteiger partial charge is 0.383 e. The van der Waals surface area contributed by atoms with Gasteiger partial charge in [0.15, 0.2) is 0 Å². The number of phenols is 1. The molecule has 7 heteroatoms. The lowest BCUT2D eigenvalue weighted by Crippen LogP contribution is -2.48. The van der Waals surface area contributed by atoms with Gasteiger partial charge in [0, 0.05) is 6.54 Å². The van der Waals surface area contributed by atoms with E-state index in [1.165, 1.54) is 38.1 Å². The number of benzene rings is 1. The van der Waals surface area contributed by atoms with E-state index in [4.69, 9.17) is 0 Å². The molecule has 0 saturated carbocycles. The van der Waals surface area contributed by atoms with Crippen LogP contribution in [0.5, 0.6) is 5.75 Å². The highest BCUT2D eigenvalue weighted by molar-refractivity contribution is 5.84. The van der Waals surface area contributed by atoms with E-state index in [0.717, 1.165) is 0 Å². The molecule has 0 radical (unpaired) electrons. The molecule has 1 atom stereocenters. The summed E-state index contributed by atoms with van der Waals surface area (Å²) in [5.74, 6) is -6.74. The maximum absolute atomic E-state index is 13.1. The Balaban J connectivity index is 3.04. The molecule has 1 rings (SSSR count). The first-order chi connectivity index (χ1) is 9.21. The van der Waals surface area contributed by atoms with E-state index in [9.17, 15) is 27.5 Å². The number of carbonyl (C=O) groups is 1. The number of phenolic OH excluding ortho intramolecular Hbond substituents is 1. The molecule has 1 unspecified atom stereocenters. The number of aromatic hydroxyl groups is 1. The third-order valence-electron chi connectivity index (χ3n) is 2.98. The van der Waals surface area contributed by atoms with Crippen LogP contribution >= 0.6 is 0 Å². The van der Waals surface area contributed by atoms with Crippen LogP contribution in [0.2, 0.25) is 0 Å². The minimum absolute atomic E-state index is 0.0986. The van der Waals surface area contributed by atoms with Gasteiger partial charge in [0.05, 0.1) is 6.04 Å². The number of alkyl halides is 4. The summed E-state index contributed by atoms with van der Waals surface area (Å²) in [5, 5.41) is 9.33. The van der Waals surface area contributed by atoms with Crippen molar-refractivity contribution in [2.45, 2.75) is 32.2 Å². The van der Waals surface area contributed by atoms with Crippen molar-refractivity contribution in [2.24, 2.45) is 0 Å². The Labute approximate surface area is 113 Å². The van der Waals surface area contributed by atoms with Crippen LogP contribution in [0, 0.1) is 0 Å². The van der Waals surface area contributed by atoms with Gasteiger partial charge >= 0.3 is 12.3 Å². The summed E-state index contributed by atoms with van der Waals surface area (Å²) in [7, 11) is 0. The lowest BCUT2D eigenvalue weighted by Gasteiger charge is -2.31. The van der Waals surface area contributed by atoms with Crippen LogP contribution in [0.4, 0.5) is 17.6 Å². The summed E-state index contributed by atoms with van der Waals surface area (Å²) in [6.07, 6.45) is -4.06. The number of halogens is 4. The van der Waals surface area contributed by atoms with Crippen LogP contribution in [0.15, 0.2) is 24.3 Å². The lowest BCUT2D eigenvalue weighted by atomic mass is 10.1. The van der Waals surface area contributed by atoms with Crippen molar-refractivity contribution in [1.82, 2.24) is 4.90 Å². The van der Waals surface area contributed by atoms with Gasteiger partial charge in [0.2, 0.25) is 0 Å². The van der Waals surface area contributed by atoms with Crippen LogP contribution in [0.1, 0.15) is 25.5 Å². The van der Waals surface area contributed by atoms with Gasteiger partial charge in [-0.15, -0.1) is 0 Å². The molecule has 0 saturated heterocycles. The predicted molar refractivity (Wildman–Crippen MR) is 64.9 cm³/mol. The molecule has 0 heterocycles. The number of nitrogens with zero attached hydrogens (tertiary/aromatic N) is 1. The fraction of sp³-hybridized carbons (Fsp3) is 0.462. The van der Waals surface area contributed by atoms with Crippen molar-refractivity contribution in [3.63, 3.8) is 0 Å². The van der Waals surface area contributed by atoms with Crippen LogP contribution in [0.25, 0.3) is 0 Å². The number of amides is 1. The standard InChI is InChI=1S/C13H15F4NO2/c1-3-18(12(20)13(16,17)11(14)15)8(2)9-5-4-6-10(19)7-9/h4-8,11,19H,3H2,1-2H3. The molecule has 0 bridgehead atoms. The second kappa shape index (κ2) is 6.11. The van der Waals surface area contributed by atoms with Crippen LogP contribution in [-0.4, -0.2) is 34.8 Å². The molecular weight excluding hydrogens is 278 g/mol. The number of rotatable bonds is 5. The average molecular weight is 293 g/mol. The van der Waals surface area contributed by atoms with Gasteiger partial charge in [-0.1, -0.05) is 12.1 Å². The molecule has 1 N–H and O–H groups in total. The monoisotopic (exact) mass is 293 g/mol. The Morgan fingerprint density at radius 1 is 1.40 bits per heavy atom. The van der Waals surface area contributed by atoms with E-state index in [1.54, 1.807) is 0 Å². The van der Waals surface area contributed by atoms with Crippen molar-refractivity contribution in [3.8, 4) is 5.75 Å². The maximum atomic E-state index is 13.1. The Morgan fingerprint density at radius 2 is 2.00 bits per heavy atom. The first-order valence-corrected chi connectivity index (χ1v) is 5.97. The molecule has 0 aliphatic rings. The molecule has 1 aromatic rings. The zero-order valence-electron chi connectivity index (χ0n) is 11.0. The summed E-state index contributed by atoms with van der Waals surface area (Å²) in [4.78, 5) is 12.2. The van der Waals surface area contributed by atoms with Crippen LogP contribution in [0.3, 0.4) is 0 Å². The molecule has 112 valence electrons. The van der Waals surface area contributed by atoms with Gasteiger partial charge in [-0.3, -0.25) is 4.79 Å². The first-order valence-electron chi connectivity index (χ1n) is 5.97. The number of carbonyl (C=O) groups excluding carboxylic acids is 1. The van der Waals surface area contributed by atoms with E-state index in [-0.39, 0.29) is 12.3 Å². The van der Waals surface area contributed by atoms with Gasteiger partial charge in [0.1, 0.15) is 5.75 Å². The Bertz CT molecular complexity index is 479. The van der Waals surface area contributed by atoms with Gasteiger partial charge in [0.25, 0.3) is 5.91 Å². The number of hydrogen-bond donors (Lipinski definition) is 1. The first kappa shape index (κ1) is 16.3. The Kier molecular flexibility index (Phi) is 4.97. The van der Waals surface area contributed by atoms with E-state index < -0.39 is 24.3 Å². The summed E-state index contributed by atoms with van der Waals surface area (Å²) in [5.41, 5.74) is 0.380. The van der Waals surface area contributed by atoms with E-state index >= 15 is 0 Å². The summed E-state index contributed by atoms with van der Waals surface area (Å²) < 4.78 is 50.8. The Hall–Kier alpha value is -1.79. The van der Waals surface area contributed by atoms with E-state index in [0.29, 0.717) is 10.5 Å². The maximum Gasteiger partial charge on any atom is 0.383 e. The minimum Gasteiger partial charge on any atom is -0.508 e. The summed E-state index contributed by atoms with van der Waals surface area (Å²) in [6.45, 7) is 2.69. The molecule has 1 aromatic carbocycles. The third kappa shape index (κ3) is 3.20. The van der Waals surface area contributed by atoms with Crippen molar-refractivity contribution < 1.29 is 27.5 Å². The highest BCUT2D eigenvalue weighted by Gasteiger charge is 2.51. The highest BCUT2D eigenvalue weighted by atomic mass is 19.3. The highest BCUT2D eigenvalue weighted by Crippen LogP contribution is 2.30. The van der Waals surface area contributed by atoms with Gasteiger partial charge < -0.3 is 10.0 Å². The van der Waals surface area contributed by atoms with Gasteiger partial charge in [-0.2, -0.15) is 8.78 Å². The van der Waals surface area contributed by atoms with Crippen molar-refractivity contribution >= 4 is 5.91 Å². The lowest BCUT2D eigenvalue weighted by molar-refractivity contribution is -0.182. The topological polar surface area (TPSA) is 40.5 Å². The van der Waals surface area contributed by atoms with Crippen LogP contribution in [-0.2, 0) is 4.79 Å². The molecule has 0 fully saturated rings.